The van der Waals surface area contributed by atoms with Crippen LogP contribution in [0.2, 0.25) is 0 Å². The van der Waals surface area contributed by atoms with Gasteiger partial charge in [0, 0.05) is 18.2 Å². The molecule has 0 saturated heterocycles. The topological polar surface area (TPSA) is 131 Å². The van der Waals surface area contributed by atoms with Crippen molar-refractivity contribution >= 4 is 29.5 Å². The quantitative estimate of drug-likeness (QED) is 0.392. The van der Waals surface area contributed by atoms with Crippen molar-refractivity contribution in [1.29, 1.82) is 0 Å². The fourth-order valence-electron chi connectivity index (χ4n) is 4.33. The molecule has 0 aromatic heterocycles. The van der Waals surface area contributed by atoms with Gasteiger partial charge in [0.1, 0.15) is 17.7 Å². The number of ether oxygens (including phenoxy) is 1. The van der Waals surface area contributed by atoms with Gasteiger partial charge in [0.05, 0.1) is 0 Å². The fourth-order valence-corrected chi connectivity index (χ4v) is 4.33. The molecule has 2 atom stereocenters. The van der Waals surface area contributed by atoms with Crippen molar-refractivity contribution in [3.05, 3.63) is 65.2 Å². The van der Waals surface area contributed by atoms with Crippen LogP contribution in [-0.2, 0) is 25.5 Å². The second-order valence-electron chi connectivity index (χ2n) is 11.0. The van der Waals surface area contributed by atoms with Crippen LogP contribution >= 0.6 is 0 Å². The van der Waals surface area contributed by atoms with E-state index in [2.05, 4.69) is 10.6 Å². The zero-order chi connectivity index (χ0) is 28.7. The lowest BCUT2D eigenvalue weighted by molar-refractivity contribution is -0.141. The maximum Gasteiger partial charge on any atom is 0.408 e. The Balaban J connectivity index is 2.00. The first kappa shape index (κ1) is 29.7. The number of hydrogen-bond acceptors (Lipinski definition) is 5. The standard InChI is InChI=1S/C30H40N4O5/c1-6-20-11-13-21(14-12-20)26(27(36)32-23-10-8-7-9-19(23)2)34(22-15-16-22)28(37)24(17-18-25(31)35)33-29(38)39-30(3,4)5/h7-14,22,24,26H,6,15-18H2,1-5H3,(H2,31,35)(H,32,36)(H,33,38). The molecule has 4 N–H and O–H groups in total. The van der Waals surface area contributed by atoms with E-state index in [1.807, 2.05) is 62.4 Å². The van der Waals surface area contributed by atoms with Gasteiger partial charge >= 0.3 is 6.09 Å². The van der Waals surface area contributed by atoms with Crippen LogP contribution in [0, 0.1) is 6.92 Å². The van der Waals surface area contributed by atoms with Crippen LogP contribution in [0.25, 0.3) is 0 Å². The third-order valence-corrected chi connectivity index (χ3v) is 6.50. The van der Waals surface area contributed by atoms with Crippen molar-refractivity contribution in [3.8, 4) is 0 Å². The molecule has 1 aliphatic rings. The highest BCUT2D eigenvalue weighted by Gasteiger charge is 2.44. The Kier molecular flexibility index (Phi) is 9.72. The molecule has 2 aromatic carbocycles. The van der Waals surface area contributed by atoms with Gasteiger partial charge in [-0.2, -0.15) is 0 Å². The van der Waals surface area contributed by atoms with E-state index >= 15 is 0 Å². The van der Waals surface area contributed by atoms with Crippen LogP contribution in [0.4, 0.5) is 10.5 Å². The zero-order valence-corrected chi connectivity index (χ0v) is 23.5. The number of amides is 4. The van der Waals surface area contributed by atoms with Crippen molar-refractivity contribution in [3.63, 3.8) is 0 Å². The molecule has 0 spiro atoms. The molecule has 0 aliphatic heterocycles. The Morgan fingerprint density at radius 1 is 1.05 bits per heavy atom. The molecule has 1 saturated carbocycles. The minimum atomic E-state index is -1.10. The van der Waals surface area contributed by atoms with Gasteiger partial charge in [0.25, 0.3) is 5.91 Å². The third kappa shape index (κ3) is 8.56. The molecule has 210 valence electrons. The average Bonchev–Trinajstić information content (AvgIpc) is 3.70. The SMILES string of the molecule is CCc1ccc(C(C(=O)Nc2ccccc2C)N(C(=O)C(CCC(N)=O)NC(=O)OC(C)(C)C)C2CC2)cc1. The Labute approximate surface area is 230 Å². The predicted molar refractivity (Wildman–Crippen MR) is 150 cm³/mol. The number of alkyl carbamates (subject to hydrolysis) is 1. The first-order valence-corrected chi connectivity index (χ1v) is 13.4. The summed E-state index contributed by atoms with van der Waals surface area (Å²) < 4.78 is 5.38. The van der Waals surface area contributed by atoms with Gasteiger partial charge < -0.3 is 26.0 Å². The van der Waals surface area contributed by atoms with Gasteiger partial charge in [-0.05, 0) is 76.1 Å². The molecule has 0 bridgehead atoms. The summed E-state index contributed by atoms with van der Waals surface area (Å²) in [7, 11) is 0. The number of nitrogens with zero attached hydrogens (tertiary/aromatic N) is 1. The molecule has 9 heteroatoms. The van der Waals surface area contributed by atoms with Crippen molar-refractivity contribution in [2.75, 3.05) is 5.32 Å². The molecular weight excluding hydrogens is 496 g/mol. The van der Waals surface area contributed by atoms with Gasteiger partial charge in [-0.15, -0.1) is 0 Å². The lowest BCUT2D eigenvalue weighted by atomic mass is 9.99. The second kappa shape index (κ2) is 12.8. The summed E-state index contributed by atoms with van der Waals surface area (Å²) >= 11 is 0. The summed E-state index contributed by atoms with van der Waals surface area (Å²) in [5.41, 5.74) is 7.89. The van der Waals surface area contributed by atoms with E-state index < -0.39 is 35.6 Å². The van der Waals surface area contributed by atoms with E-state index in [9.17, 15) is 19.2 Å². The number of carbonyl (C=O) groups excluding carboxylic acids is 4. The number of para-hydroxylation sites is 1. The minimum Gasteiger partial charge on any atom is -0.444 e. The number of nitrogens with two attached hydrogens (primary N) is 1. The highest BCUT2D eigenvalue weighted by atomic mass is 16.6. The van der Waals surface area contributed by atoms with Gasteiger partial charge in [0.15, 0.2) is 0 Å². The van der Waals surface area contributed by atoms with Crippen molar-refractivity contribution in [2.24, 2.45) is 5.73 Å². The Hall–Kier alpha value is -3.88. The highest BCUT2D eigenvalue weighted by Crippen LogP contribution is 2.36. The maximum atomic E-state index is 14.1. The van der Waals surface area contributed by atoms with E-state index in [1.165, 1.54) is 0 Å². The van der Waals surface area contributed by atoms with Gasteiger partial charge in [-0.3, -0.25) is 14.4 Å². The van der Waals surface area contributed by atoms with Crippen molar-refractivity contribution in [1.82, 2.24) is 10.2 Å². The smallest absolute Gasteiger partial charge is 0.408 e. The number of primary amides is 1. The molecule has 0 heterocycles. The highest BCUT2D eigenvalue weighted by molar-refractivity contribution is 5.99. The van der Waals surface area contributed by atoms with Crippen LogP contribution in [0.1, 0.15) is 76.1 Å². The number of anilines is 1. The van der Waals surface area contributed by atoms with E-state index in [-0.39, 0.29) is 24.8 Å². The Bertz CT molecular complexity index is 1180. The monoisotopic (exact) mass is 536 g/mol. The van der Waals surface area contributed by atoms with Gasteiger partial charge in [-0.25, -0.2) is 4.79 Å². The summed E-state index contributed by atoms with van der Waals surface area (Å²) in [6.07, 6.45) is 1.37. The molecule has 1 fully saturated rings. The maximum absolute atomic E-state index is 14.1. The van der Waals surface area contributed by atoms with Gasteiger partial charge in [0.2, 0.25) is 11.8 Å². The molecule has 2 unspecified atom stereocenters. The number of nitrogens with one attached hydrogen (secondary N) is 2. The van der Waals surface area contributed by atoms with Crippen LogP contribution in [-0.4, -0.2) is 46.4 Å². The molecule has 39 heavy (non-hydrogen) atoms. The molecular formula is C30H40N4O5. The number of carbonyl (C=O) groups is 4. The van der Waals surface area contributed by atoms with Crippen LogP contribution in [0.3, 0.4) is 0 Å². The first-order valence-electron chi connectivity index (χ1n) is 13.4. The molecule has 9 nitrogen and oxygen atoms in total. The van der Waals surface area contributed by atoms with Crippen molar-refractivity contribution < 1.29 is 23.9 Å². The van der Waals surface area contributed by atoms with Crippen LogP contribution in [0.15, 0.2) is 48.5 Å². The number of aryl methyl sites for hydroxylation is 2. The summed E-state index contributed by atoms with van der Waals surface area (Å²) in [6.45, 7) is 9.10. The van der Waals surface area contributed by atoms with Crippen molar-refractivity contribution in [2.45, 2.75) is 90.4 Å². The Morgan fingerprint density at radius 3 is 2.23 bits per heavy atom. The normalized spacial score (nSPS) is 14.6. The molecule has 4 amide bonds. The number of rotatable bonds is 11. The average molecular weight is 537 g/mol. The number of benzene rings is 2. The first-order chi connectivity index (χ1) is 18.4. The lowest BCUT2D eigenvalue weighted by Crippen LogP contribution is -2.53. The van der Waals surface area contributed by atoms with Crippen LogP contribution < -0.4 is 16.4 Å². The van der Waals surface area contributed by atoms with E-state index in [0.29, 0.717) is 11.3 Å². The van der Waals surface area contributed by atoms with E-state index in [1.54, 1.807) is 25.7 Å². The molecule has 2 aromatic rings. The largest absolute Gasteiger partial charge is 0.444 e. The summed E-state index contributed by atoms with van der Waals surface area (Å²) in [5.74, 6) is -1.42. The van der Waals surface area contributed by atoms with E-state index in [4.69, 9.17) is 10.5 Å². The van der Waals surface area contributed by atoms with Gasteiger partial charge in [-0.1, -0.05) is 49.4 Å². The predicted octanol–water partition coefficient (Wildman–Crippen LogP) is 4.39. The molecule has 3 rings (SSSR count). The fraction of sp³-hybridized carbons (Fsp3) is 0.467. The summed E-state index contributed by atoms with van der Waals surface area (Å²) in [6, 6.07) is 12.8. The molecule has 0 radical (unpaired) electrons. The minimum absolute atomic E-state index is 0.0163. The third-order valence-electron chi connectivity index (χ3n) is 6.50. The lowest BCUT2D eigenvalue weighted by Gasteiger charge is -2.35. The second-order valence-corrected chi connectivity index (χ2v) is 11.0. The summed E-state index contributed by atoms with van der Waals surface area (Å²) in [4.78, 5) is 53.8. The van der Waals surface area contributed by atoms with E-state index in [0.717, 1.165) is 30.4 Å². The number of hydrogen-bond donors (Lipinski definition) is 3. The molecule has 1 aliphatic carbocycles. The summed E-state index contributed by atoms with van der Waals surface area (Å²) in [5, 5.41) is 5.62. The zero-order valence-electron chi connectivity index (χ0n) is 23.5. The van der Waals surface area contributed by atoms with Crippen LogP contribution in [0.5, 0.6) is 0 Å². The Morgan fingerprint density at radius 2 is 1.69 bits per heavy atom.